The number of amides is 2. The summed E-state index contributed by atoms with van der Waals surface area (Å²) >= 11 is 0. The summed E-state index contributed by atoms with van der Waals surface area (Å²) in [7, 11) is 2.13. The Morgan fingerprint density at radius 2 is 1.81 bits per heavy atom. The number of carbonyl (C=O) groups excluding carboxylic acids is 2. The molecule has 194 valence electrons. The lowest BCUT2D eigenvalue weighted by Crippen LogP contribution is -2.41. The van der Waals surface area contributed by atoms with Crippen LogP contribution in [-0.4, -0.2) is 47.4 Å². The van der Waals surface area contributed by atoms with Crippen LogP contribution in [0, 0.1) is 12.8 Å². The Kier molecular flexibility index (Phi) is 10.1. The molecule has 1 saturated carbocycles. The molecule has 7 heteroatoms. The molecule has 2 aromatic rings. The van der Waals surface area contributed by atoms with Crippen molar-refractivity contribution in [2.24, 2.45) is 11.7 Å². The topological polar surface area (TPSA) is 113 Å². The SMILES string of the molecule is Cc1ccccc1-c1cc(CN(C)CCC2CCCCC2)ccc1C(=O)NC(CCC(N)=O)C(=O)O. The Morgan fingerprint density at radius 3 is 2.47 bits per heavy atom. The molecule has 1 unspecified atom stereocenters. The van der Waals surface area contributed by atoms with Gasteiger partial charge in [0.15, 0.2) is 0 Å². The number of nitrogens with two attached hydrogens (primary N) is 1. The molecule has 0 saturated heterocycles. The van der Waals surface area contributed by atoms with Crippen LogP contribution >= 0.6 is 0 Å². The van der Waals surface area contributed by atoms with E-state index in [1.807, 2.05) is 43.3 Å². The van der Waals surface area contributed by atoms with Gasteiger partial charge in [-0.05, 0) is 73.7 Å². The van der Waals surface area contributed by atoms with E-state index in [-0.39, 0.29) is 12.8 Å². The normalized spacial score (nSPS) is 15.0. The molecule has 36 heavy (non-hydrogen) atoms. The lowest BCUT2D eigenvalue weighted by molar-refractivity contribution is -0.139. The molecule has 0 aliphatic heterocycles. The fraction of sp³-hybridized carbons (Fsp3) is 0.483. The quantitative estimate of drug-likeness (QED) is 0.403. The Balaban J connectivity index is 1.80. The Hall–Kier alpha value is -3.19. The van der Waals surface area contributed by atoms with Crippen molar-refractivity contribution in [3.05, 3.63) is 59.2 Å². The van der Waals surface area contributed by atoms with Crippen LogP contribution in [0.3, 0.4) is 0 Å². The van der Waals surface area contributed by atoms with Crippen LogP contribution in [0.2, 0.25) is 0 Å². The molecule has 2 amide bonds. The summed E-state index contributed by atoms with van der Waals surface area (Å²) in [6.07, 6.45) is 7.79. The van der Waals surface area contributed by atoms with Crippen LogP contribution in [0.1, 0.15) is 72.9 Å². The minimum Gasteiger partial charge on any atom is -0.480 e. The van der Waals surface area contributed by atoms with Crippen molar-refractivity contribution in [1.82, 2.24) is 10.2 Å². The summed E-state index contributed by atoms with van der Waals surface area (Å²) in [5.74, 6) is -1.46. The lowest BCUT2D eigenvalue weighted by atomic mass is 9.87. The highest BCUT2D eigenvalue weighted by Crippen LogP contribution is 2.29. The number of primary amides is 1. The molecular weight excluding hydrogens is 454 g/mol. The molecule has 1 aliphatic carbocycles. The predicted molar refractivity (Wildman–Crippen MR) is 141 cm³/mol. The number of hydrogen-bond donors (Lipinski definition) is 3. The van der Waals surface area contributed by atoms with Gasteiger partial charge in [0.05, 0.1) is 0 Å². The lowest BCUT2D eigenvalue weighted by Gasteiger charge is -2.25. The zero-order valence-electron chi connectivity index (χ0n) is 21.5. The maximum atomic E-state index is 13.2. The van der Waals surface area contributed by atoms with E-state index in [0.717, 1.165) is 41.3 Å². The molecule has 0 spiro atoms. The number of benzene rings is 2. The highest BCUT2D eigenvalue weighted by Gasteiger charge is 2.23. The molecule has 3 rings (SSSR count). The third-order valence-corrected chi connectivity index (χ3v) is 7.14. The van der Waals surface area contributed by atoms with E-state index in [0.29, 0.717) is 5.56 Å². The molecule has 1 fully saturated rings. The van der Waals surface area contributed by atoms with Crippen molar-refractivity contribution in [3.63, 3.8) is 0 Å². The second kappa shape index (κ2) is 13.2. The minimum atomic E-state index is -1.20. The van der Waals surface area contributed by atoms with Crippen molar-refractivity contribution in [2.75, 3.05) is 13.6 Å². The fourth-order valence-corrected chi connectivity index (χ4v) is 5.04. The van der Waals surface area contributed by atoms with Gasteiger partial charge in [0.25, 0.3) is 5.91 Å². The minimum absolute atomic E-state index is 0.0556. The van der Waals surface area contributed by atoms with E-state index < -0.39 is 23.8 Å². The maximum Gasteiger partial charge on any atom is 0.326 e. The van der Waals surface area contributed by atoms with Gasteiger partial charge in [-0.2, -0.15) is 0 Å². The van der Waals surface area contributed by atoms with Gasteiger partial charge in [0.1, 0.15) is 6.04 Å². The number of aryl methyl sites for hydroxylation is 1. The van der Waals surface area contributed by atoms with Crippen LogP contribution in [0.5, 0.6) is 0 Å². The number of aliphatic carboxylic acids is 1. The van der Waals surface area contributed by atoms with Gasteiger partial charge >= 0.3 is 5.97 Å². The van der Waals surface area contributed by atoms with E-state index in [1.165, 1.54) is 38.5 Å². The van der Waals surface area contributed by atoms with Crippen molar-refractivity contribution in [1.29, 1.82) is 0 Å². The van der Waals surface area contributed by atoms with Crippen molar-refractivity contribution in [2.45, 2.75) is 70.9 Å². The van der Waals surface area contributed by atoms with Gasteiger partial charge in [-0.1, -0.05) is 62.4 Å². The van der Waals surface area contributed by atoms with Gasteiger partial charge < -0.3 is 21.1 Å². The molecule has 7 nitrogen and oxygen atoms in total. The standard InChI is InChI=1S/C29H39N3O4/c1-20-8-6-7-11-23(20)25-18-22(19-32(2)17-16-21-9-4-3-5-10-21)12-13-24(25)28(34)31-26(29(35)36)14-15-27(30)33/h6-8,11-13,18,21,26H,3-5,9-10,14-17,19H2,1-2H3,(H2,30,33)(H,31,34)(H,35,36). The average Bonchev–Trinajstić information content (AvgIpc) is 2.85. The molecule has 0 aromatic heterocycles. The summed E-state index contributed by atoms with van der Waals surface area (Å²) < 4.78 is 0. The second-order valence-electron chi connectivity index (χ2n) is 10.1. The zero-order valence-corrected chi connectivity index (χ0v) is 21.5. The zero-order chi connectivity index (χ0) is 26.1. The van der Waals surface area contributed by atoms with Crippen LogP contribution in [0.4, 0.5) is 0 Å². The van der Waals surface area contributed by atoms with Crippen molar-refractivity contribution in [3.8, 4) is 11.1 Å². The highest BCUT2D eigenvalue weighted by atomic mass is 16.4. The van der Waals surface area contributed by atoms with E-state index in [2.05, 4.69) is 17.3 Å². The highest BCUT2D eigenvalue weighted by molar-refractivity contribution is 6.02. The predicted octanol–water partition coefficient (Wildman–Crippen LogP) is 4.51. The first kappa shape index (κ1) is 27.4. The van der Waals surface area contributed by atoms with Crippen LogP contribution < -0.4 is 11.1 Å². The van der Waals surface area contributed by atoms with Crippen LogP contribution in [0.15, 0.2) is 42.5 Å². The number of nitrogens with one attached hydrogen (secondary N) is 1. The molecule has 1 atom stereocenters. The average molecular weight is 494 g/mol. The number of nitrogens with zero attached hydrogens (tertiary/aromatic N) is 1. The summed E-state index contributed by atoms with van der Waals surface area (Å²) in [4.78, 5) is 38.3. The number of carboxylic acid groups (broad SMARTS) is 1. The van der Waals surface area contributed by atoms with Crippen molar-refractivity contribution < 1.29 is 19.5 Å². The molecular formula is C29H39N3O4. The maximum absolute atomic E-state index is 13.2. The third-order valence-electron chi connectivity index (χ3n) is 7.14. The third kappa shape index (κ3) is 7.92. The first-order valence-electron chi connectivity index (χ1n) is 12.9. The van der Waals surface area contributed by atoms with Gasteiger partial charge in [0.2, 0.25) is 5.91 Å². The van der Waals surface area contributed by atoms with E-state index in [1.54, 1.807) is 6.07 Å². The summed E-state index contributed by atoms with van der Waals surface area (Å²) in [6, 6.07) is 12.4. The first-order chi connectivity index (χ1) is 17.2. The number of hydrogen-bond acceptors (Lipinski definition) is 4. The summed E-state index contributed by atoms with van der Waals surface area (Å²) in [5.41, 5.74) is 9.39. The Morgan fingerprint density at radius 1 is 1.08 bits per heavy atom. The van der Waals surface area contributed by atoms with Gasteiger partial charge in [-0.15, -0.1) is 0 Å². The Labute approximate surface area is 214 Å². The van der Waals surface area contributed by atoms with E-state index in [9.17, 15) is 19.5 Å². The number of rotatable bonds is 12. The molecule has 0 heterocycles. The first-order valence-corrected chi connectivity index (χ1v) is 12.9. The van der Waals surface area contributed by atoms with Crippen molar-refractivity contribution >= 4 is 17.8 Å². The summed E-state index contributed by atoms with van der Waals surface area (Å²) in [5, 5.41) is 12.1. The second-order valence-corrected chi connectivity index (χ2v) is 10.1. The van der Waals surface area contributed by atoms with E-state index in [4.69, 9.17) is 5.73 Å². The largest absolute Gasteiger partial charge is 0.480 e. The molecule has 4 N–H and O–H groups in total. The van der Waals surface area contributed by atoms with Gasteiger partial charge in [-0.25, -0.2) is 4.79 Å². The van der Waals surface area contributed by atoms with Crippen LogP contribution in [-0.2, 0) is 16.1 Å². The smallest absolute Gasteiger partial charge is 0.326 e. The van der Waals surface area contributed by atoms with Gasteiger partial charge in [-0.3, -0.25) is 9.59 Å². The molecule has 0 bridgehead atoms. The van der Waals surface area contributed by atoms with Crippen LogP contribution in [0.25, 0.3) is 11.1 Å². The summed E-state index contributed by atoms with van der Waals surface area (Å²) in [6.45, 7) is 3.80. The number of carboxylic acids is 1. The number of carbonyl (C=O) groups is 3. The molecule has 1 aliphatic rings. The monoisotopic (exact) mass is 493 g/mol. The molecule has 2 aromatic carbocycles. The van der Waals surface area contributed by atoms with Gasteiger partial charge in [0, 0.05) is 18.5 Å². The van der Waals surface area contributed by atoms with E-state index >= 15 is 0 Å². The fourth-order valence-electron chi connectivity index (χ4n) is 5.04. The Bertz CT molecular complexity index is 1060. The molecule has 0 radical (unpaired) electrons.